The highest BCUT2D eigenvalue weighted by Gasteiger charge is 2.04. The zero-order valence-corrected chi connectivity index (χ0v) is 12.5. The van der Waals surface area contributed by atoms with Crippen molar-refractivity contribution in [1.29, 1.82) is 0 Å². The van der Waals surface area contributed by atoms with Crippen molar-refractivity contribution in [1.82, 2.24) is 9.97 Å². The molecule has 106 valence electrons. The van der Waals surface area contributed by atoms with Crippen LogP contribution in [0.1, 0.15) is 24.7 Å². The molecule has 0 amide bonds. The number of halogens is 1. The normalized spacial score (nSPS) is 10.3. The molecule has 1 heterocycles. The molecule has 0 spiro atoms. The van der Waals surface area contributed by atoms with Gasteiger partial charge in [0, 0.05) is 31.1 Å². The molecule has 2 rings (SSSR count). The molecule has 0 atom stereocenters. The lowest BCUT2D eigenvalue weighted by molar-refractivity contribution is 0.835. The van der Waals surface area contributed by atoms with Crippen molar-refractivity contribution in [2.75, 3.05) is 17.7 Å². The van der Waals surface area contributed by atoms with Gasteiger partial charge in [-0.1, -0.05) is 36.7 Å². The summed E-state index contributed by atoms with van der Waals surface area (Å²) in [4.78, 5) is 8.94. The molecule has 2 N–H and O–H groups in total. The van der Waals surface area contributed by atoms with Crippen LogP contribution in [0.25, 0.3) is 0 Å². The maximum atomic E-state index is 6.14. The average Bonchev–Trinajstić information content (AvgIpc) is 2.46. The number of rotatable bonds is 6. The smallest absolute Gasteiger partial charge is 0.133 e. The Kier molecular flexibility index (Phi) is 5.18. The van der Waals surface area contributed by atoms with Crippen molar-refractivity contribution in [3.05, 3.63) is 46.7 Å². The van der Waals surface area contributed by atoms with Gasteiger partial charge in [-0.25, -0.2) is 9.97 Å². The molecular weight excluding hydrogens is 272 g/mol. The van der Waals surface area contributed by atoms with E-state index in [4.69, 9.17) is 11.6 Å². The second-order valence-electron chi connectivity index (χ2n) is 4.50. The first kappa shape index (κ1) is 14.6. The van der Waals surface area contributed by atoms with Gasteiger partial charge in [-0.2, -0.15) is 0 Å². The Hall–Kier alpha value is -1.81. The number of hydrogen-bond acceptors (Lipinski definition) is 4. The SMILES string of the molecule is CCCc1nc(NC)cc(NCc2ccccc2Cl)n1. The first-order valence-corrected chi connectivity index (χ1v) is 7.13. The van der Waals surface area contributed by atoms with Crippen LogP contribution < -0.4 is 10.6 Å². The van der Waals surface area contributed by atoms with Gasteiger partial charge in [-0.3, -0.25) is 0 Å². The summed E-state index contributed by atoms with van der Waals surface area (Å²) < 4.78 is 0. The zero-order chi connectivity index (χ0) is 14.4. The quantitative estimate of drug-likeness (QED) is 0.851. The van der Waals surface area contributed by atoms with Gasteiger partial charge in [0.15, 0.2) is 0 Å². The Labute approximate surface area is 124 Å². The molecule has 0 aliphatic rings. The van der Waals surface area contributed by atoms with Gasteiger partial charge in [0.1, 0.15) is 17.5 Å². The lowest BCUT2D eigenvalue weighted by atomic mass is 10.2. The fraction of sp³-hybridized carbons (Fsp3) is 0.333. The number of anilines is 2. The van der Waals surface area contributed by atoms with Crippen LogP contribution >= 0.6 is 11.6 Å². The maximum absolute atomic E-state index is 6.14. The topological polar surface area (TPSA) is 49.8 Å². The van der Waals surface area contributed by atoms with Gasteiger partial charge in [0.05, 0.1) is 0 Å². The molecule has 0 unspecified atom stereocenters. The third-order valence-corrected chi connectivity index (χ3v) is 3.29. The second-order valence-corrected chi connectivity index (χ2v) is 4.91. The molecular formula is C15H19ClN4. The molecule has 0 bridgehead atoms. The van der Waals surface area contributed by atoms with Crippen LogP contribution in [0.5, 0.6) is 0 Å². The summed E-state index contributed by atoms with van der Waals surface area (Å²) in [5.74, 6) is 2.49. The minimum atomic E-state index is 0.644. The first-order valence-electron chi connectivity index (χ1n) is 6.76. The number of nitrogens with one attached hydrogen (secondary N) is 2. The van der Waals surface area contributed by atoms with E-state index in [0.717, 1.165) is 40.9 Å². The predicted molar refractivity (Wildman–Crippen MR) is 84.4 cm³/mol. The fourth-order valence-corrected chi connectivity index (χ4v) is 2.08. The molecule has 4 nitrogen and oxygen atoms in total. The van der Waals surface area contributed by atoms with E-state index in [0.29, 0.717) is 6.54 Å². The highest BCUT2D eigenvalue weighted by molar-refractivity contribution is 6.31. The lowest BCUT2D eigenvalue weighted by Gasteiger charge is -2.10. The molecule has 0 saturated heterocycles. The summed E-state index contributed by atoms with van der Waals surface area (Å²) in [6.45, 7) is 2.76. The largest absolute Gasteiger partial charge is 0.373 e. The predicted octanol–water partition coefficient (Wildman–Crippen LogP) is 3.74. The summed E-state index contributed by atoms with van der Waals surface area (Å²) in [6.07, 6.45) is 1.90. The van der Waals surface area contributed by atoms with E-state index in [2.05, 4.69) is 27.5 Å². The molecule has 1 aromatic heterocycles. The summed E-state index contributed by atoms with van der Waals surface area (Å²) in [5, 5.41) is 7.12. The van der Waals surface area contributed by atoms with Crippen molar-refractivity contribution < 1.29 is 0 Å². The van der Waals surface area contributed by atoms with Crippen molar-refractivity contribution in [3.8, 4) is 0 Å². The van der Waals surface area contributed by atoms with Crippen molar-refractivity contribution in [3.63, 3.8) is 0 Å². The van der Waals surface area contributed by atoms with Crippen molar-refractivity contribution in [2.24, 2.45) is 0 Å². The van der Waals surface area contributed by atoms with E-state index < -0.39 is 0 Å². The van der Waals surface area contributed by atoms with Crippen LogP contribution in [0, 0.1) is 0 Å². The minimum Gasteiger partial charge on any atom is -0.373 e. The van der Waals surface area contributed by atoms with Crippen LogP contribution in [-0.4, -0.2) is 17.0 Å². The second kappa shape index (κ2) is 7.10. The monoisotopic (exact) mass is 290 g/mol. The fourth-order valence-electron chi connectivity index (χ4n) is 1.88. The van der Waals surface area contributed by atoms with E-state index in [1.807, 2.05) is 37.4 Å². The molecule has 0 radical (unpaired) electrons. The molecule has 1 aromatic carbocycles. The minimum absolute atomic E-state index is 0.644. The van der Waals surface area contributed by atoms with E-state index in [9.17, 15) is 0 Å². The number of aromatic nitrogens is 2. The Morgan fingerprint density at radius 1 is 1.15 bits per heavy atom. The molecule has 2 aromatic rings. The van der Waals surface area contributed by atoms with Crippen LogP contribution in [0.3, 0.4) is 0 Å². The Bertz CT molecular complexity index is 572. The van der Waals surface area contributed by atoms with E-state index in [1.54, 1.807) is 0 Å². The van der Waals surface area contributed by atoms with Crippen LogP contribution in [0.15, 0.2) is 30.3 Å². The molecule has 5 heteroatoms. The van der Waals surface area contributed by atoms with E-state index >= 15 is 0 Å². The van der Waals surface area contributed by atoms with Crippen LogP contribution in [-0.2, 0) is 13.0 Å². The Balaban J connectivity index is 2.12. The molecule has 0 saturated carbocycles. The third kappa shape index (κ3) is 3.84. The molecule has 0 aliphatic heterocycles. The molecule has 0 fully saturated rings. The van der Waals surface area contributed by atoms with Crippen LogP contribution in [0.4, 0.5) is 11.6 Å². The highest BCUT2D eigenvalue weighted by Crippen LogP contribution is 2.17. The number of aryl methyl sites for hydroxylation is 1. The molecule has 0 aliphatic carbocycles. The van der Waals surface area contributed by atoms with Crippen molar-refractivity contribution in [2.45, 2.75) is 26.3 Å². The van der Waals surface area contributed by atoms with Crippen LogP contribution in [0.2, 0.25) is 5.02 Å². The van der Waals surface area contributed by atoms with Gasteiger partial charge in [0.25, 0.3) is 0 Å². The Morgan fingerprint density at radius 2 is 1.90 bits per heavy atom. The summed E-state index contributed by atoms with van der Waals surface area (Å²) in [6, 6.07) is 9.69. The van der Waals surface area contributed by atoms with Gasteiger partial charge in [0.2, 0.25) is 0 Å². The first-order chi connectivity index (χ1) is 9.72. The van der Waals surface area contributed by atoms with Crippen molar-refractivity contribution >= 4 is 23.2 Å². The van der Waals surface area contributed by atoms with Gasteiger partial charge >= 0.3 is 0 Å². The zero-order valence-electron chi connectivity index (χ0n) is 11.8. The number of nitrogens with zero attached hydrogens (tertiary/aromatic N) is 2. The molecule has 20 heavy (non-hydrogen) atoms. The van der Waals surface area contributed by atoms with E-state index in [1.165, 1.54) is 0 Å². The third-order valence-electron chi connectivity index (χ3n) is 2.92. The Morgan fingerprint density at radius 3 is 2.60 bits per heavy atom. The number of hydrogen-bond donors (Lipinski definition) is 2. The van der Waals surface area contributed by atoms with E-state index in [-0.39, 0.29) is 0 Å². The summed E-state index contributed by atoms with van der Waals surface area (Å²) >= 11 is 6.14. The summed E-state index contributed by atoms with van der Waals surface area (Å²) in [5.41, 5.74) is 1.05. The van der Waals surface area contributed by atoms with Gasteiger partial charge in [-0.15, -0.1) is 0 Å². The maximum Gasteiger partial charge on any atom is 0.133 e. The summed E-state index contributed by atoms with van der Waals surface area (Å²) in [7, 11) is 1.86. The highest BCUT2D eigenvalue weighted by atomic mass is 35.5. The lowest BCUT2D eigenvalue weighted by Crippen LogP contribution is -2.07. The van der Waals surface area contributed by atoms with Gasteiger partial charge in [-0.05, 0) is 18.1 Å². The number of benzene rings is 1. The average molecular weight is 291 g/mol. The standard InChI is InChI=1S/C15H19ClN4/c1-3-6-13-19-14(17-2)9-15(20-13)18-10-11-7-4-5-8-12(11)16/h4-5,7-9H,3,6,10H2,1-2H3,(H2,17,18,19,20). The van der Waals surface area contributed by atoms with Gasteiger partial charge < -0.3 is 10.6 Å².